The molecule has 0 radical (unpaired) electrons. The zero-order valence-electron chi connectivity index (χ0n) is 10.3. The second-order valence-electron chi connectivity index (χ2n) is 4.13. The number of carboxylic acids is 1. The fourth-order valence-electron chi connectivity index (χ4n) is 1.63. The van der Waals surface area contributed by atoms with Crippen molar-refractivity contribution in [1.82, 2.24) is 0 Å². The highest BCUT2D eigenvalue weighted by atomic mass is 16.4. The molecule has 1 rings (SSSR count). The molecule has 0 bridgehead atoms. The van der Waals surface area contributed by atoms with Crippen LogP contribution in [0, 0.1) is 11.3 Å². The fourth-order valence-corrected chi connectivity index (χ4v) is 1.63. The van der Waals surface area contributed by atoms with Crippen LogP contribution < -0.4 is 10.6 Å². The third-order valence-corrected chi connectivity index (χ3v) is 2.72. The number of hydrogen-bond acceptors (Lipinski definition) is 4. The van der Waals surface area contributed by atoms with Crippen molar-refractivity contribution in [3.8, 4) is 6.07 Å². The highest BCUT2D eigenvalue weighted by Gasteiger charge is 2.10. The normalized spacial score (nSPS) is 11.6. The molecule has 0 aliphatic heterocycles. The molecule has 0 saturated heterocycles. The van der Waals surface area contributed by atoms with Crippen molar-refractivity contribution in [1.29, 1.82) is 5.26 Å². The monoisotopic (exact) mass is 247 g/mol. The van der Waals surface area contributed by atoms with Gasteiger partial charge < -0.3 is 15.7 Å². The molecule has 1 unspecified atom stereocenters. The number of carboxylic acid groups (broad SMARTS) is 1. The molecular formula is C13H17N3O2. The summed E-state index contributed by atoms with van der Waals surface area (Å²) in [4.78, 5) is 12.5. The molecule has 3 N–H and O–H groups in total. The number of aliphatic carboxylic acids is 1. The maximum Gasteiger partial charge on any atom is 0.305 e. The van der Waals surface area contributed by atoms with E-state index < -0.39 is 12.0 Å². The minimum atomic E-state index is -0.905. The number of hydrogen-bond donors (Lipinski definition) is 2. The first-order chi connectivity index (χ1) is 8.54. The van der Waals surface area contributed by atoms with Crippen LogP contribution in [0.5, 0.6) is 0 Å². The van der Waals surface area contributed by atoms with E-state index in [-0.39, 0.29) is 6.42 Å². The SMILES string of the molecule is CN(CCC#N)c1ccc(C(N)CC(=O)O)cc1. The van der Waals surface area contributed by atoms with Gasteiger partial charge in [-0.2, -0.15) is 5.26 Å². The number of nitriles is 1. The van der Waals surface area contributed by atoms with Gasteiger partial charge in [0.1, 0.15) is 0 Å². The Bertz CT molecular complexity index is 437. The van der Waals surface area contributed by atoms with Crippen molar-refractivity contribution >= 4 is 11.7 Å². The van der Waals surface area contributed by atoms with E-state index in [4.69, 9.17) is 16.1 Å². The van der Waals surface area contributed by atoms with E-state index in [1.165, 1.54) is 0 Å². The maximum atomic E-state index is 10.6. The topological polar surface area (TPSA) is 90.4 Å². The molecule has 96 valence electrons. The Labute approximate surface area is 106 Å². The first-order valence-electron chi connectivity index (χ1n) is 5.70. The number of nitrogens with two attached hydrogens (primary N) is 1. The van der Waals surface area contributed by atoms with Crippen molar-refractivity contribution in [3.63, 3.8) is 0 Å². The molecule has 18 heavy (non-hydrogen) atoms. The predicted molar refractivity (Wildman–Crippen MR) is 69.1 cm³/mol. The summed E-state index contributed by atoms with van der Waals surface area (Å²) in [6, 6.07) is 9.02. The number of rotatable bonds is 6. The molecule has 0 aliphatic rings. The first kappa shape index (κ1) is 14.0. The Balaban J connectivity index is 2.67. The van der Waals surface area contributed by atoms with Gasteiger partial charge in [0.25, 0.3) is 0 Å². The van der Waals surface area contributed by atoms with Crippen molar-refractivity contribution in [3.05, 3.63) is 29.8 Å². The van der Waals surface area contributed by atoms with Gasteiger partial charge in [0.05, 0.1) is 18.9 Å². The molecule has 5 heteroatoms. The first-order valence-corrected chi connectivity index (χ1v) is 5.70. The van der Waals surface area contributed by atoms with Crippen molar-refractivity contribution in [2.24, 2.45) is 5.73 Å². The summed E-state index contributed by atoms with van der Waals surface area (Å²) in [6.07, 6.45) is 0.389. The number of carbonyl (C=O) groups is 1. The Hall–Kier alpha value is -2.06. The Kier molecular flexibility index (Phi) is 5.15. The lowest BCUT2D eigenvalue weighted by atomic mass is 10.0. The summed E-state index contributed by atoms with van der Waals surface area (Å²) < 4.78 is 0. The minimum absolute atomic E-state index is 0.0797. The van der Waals surface area contributed by atoms with Gasteiger partial charge in [0.15, 0.2) is 0 Å². The van der Waals surface area contributed by atoms with E-state index >= 15 is 0 Å². The van der Waals surface area contributed by atoms with E-state index in [0.717, 1.165) is 11.3 Å². The van der Waals surface area contributed by atoms with Crippen LogP contribution in [0.1, 0.15) is 24.4 Å². The summed E-state index contributed by atoms with van der Waals surface area (Å²) in [5.74, 6) is -0.905. The van der Waals surface area contributed by atoms with E-state index in [9.17, 15) is 4.79 Å². The van der Waals surface area contributed by atoms with Gasteiger partial charge >= 0.3 is 5.97 Å². The van der Waals surface area contributed by atoms with E-state index in [1.807, 2.05) is 36.2 Å². The van der Waals surface area contributed by atoms with E-state index in [2.05, 4.69) is 6.07 Å². The van der Waals surface area contributed by atoms with Gasteiger partial charge in [-0.25, -0.2) is 0 Å². The molecule has 5 nitrogen and oxygen atoms in total. The summed E-state index contributed by atoms with van der Waals surface area (Å²) >= 11 is 0. The molecule has 1 aromatic rings. The number of anilines is 1. The molecular weight excluding hydrogens is 230 g/mol. The molecule has 0 aromatic heterocycles. The Morgan fingerprint density at radius 3 is 2.61 bits per heavy atom. The highest BCUT2D eigenvalue weighted by molar-refractivity contribution is 5.68. The lowest BCUT2D eigenvalue weighted by Crippen LogP contribution is -2.18. The van der Waals surface area contributed by atoms with Gasteiger partial charge in [-0.05, 0) is 17.7 Å². The second kappa shape index (κ2) is 6.62. The largest absolute Gasteiger partial charge is 0.481 e. The molecule has 0 aliphatic carbocycles. The quantitative estimate of drug-likeness (QED) is 0.795. The zero-order valence-corrected chi connectivity index (χ0v) is 10.3. The van der Waals surface area contributed by atoms with Crippen LogP contribution in [0.2, 0.25) is 0 Å². The summed E-state index contributed by atoms with van der Waals surface area (Å²) in [5, 5.41) is 17.2. The van der Waals surface area contributed by atoms with E-state index in [1.54, 1.807) is 0 Å². The Morgan fingerprint density at radius 1 is 1.50 bits per heavy atom. The molecule has 1 aromatic carbocycles. The standard InChI is InChI=1S/C13H17N3O2/c1-16(8-2-7-14)11-5-3-10(4-6-11)12(15)9-13(17)18/h3-6,12H,2,8-9,15H2,1H3,(H,17,18). The van der Waals surface area contributed by atoms with Crippen LogP contribution in [0.4, 0.5) is 5.69 Å². The zero-order chi connectivity index (χ0) is 13.5. The van der Waals surface area contributed by atoms with Crippen LogP contribution in [-0.2, 0) is 4.79 Å². The van der Waals surface area contributed by atoms with Crippen LogP contribution in [0.3, 0.4) is 0 Å². The van der Waals surface area contributed by atoms with Gasteiger partial charge in [-0.15, -0.1) is 0 Å². The van der Waals surface area contributed by atoms with Gasteiger partial charge in [0.2, 0.25) is 0 Å². The molecule has 0 heterocycles. The van der Waals surface area contributed by atoms with Gasteiger partial charge in [-0.3, -0.25) is 4.79 Å². The summed E-state index contributed by atoms with van der Waals surface area (Å²) in [7, 11) is 1.91. The Morgan fingerprint density at radius 2 is 2.11 bits per heavy atom. The van der Waals surface area contributed by atoms with Gasteiger partial charge in [0, 0.05) is 25.3 Å². The number of benzene rings is 1. The molecule has 0 fully saturated rings. The smallest absolute Gasteiger partial charge is 0.305 e. The number of nitrogens with zero attached hydrogens (tertiary/aromatic N) is 2. The van der Waals surface area contributed by atoms with Crippen LogP contribution in [-0.4, -0.2) is 24.7 Å². The van der Waals surface area contributed by atoms with Crippen LogP contribution in [0.15, 0.2) is 24.3 Å². The average Bonchev–Trinajstić information content (AvgIpc) is 2.35. The predicted octanol–water partition coefficient (Wildman–Crippen LogP) is 1.51. The maximum absolute atomic E-state index is 10.6. The lowest BCUT2D eigenvalue weighted by Gasteiger charge is -2.18. The van der Waals surface area contributed by atoms with Crippen LogP contribution in [0.25, 0.3) is 0 Å². The molecule has 1 atom stereocenters. The summed E-state index contributed by atoms with van der Waals surface area (Å²) in [6.45, 7) is 0.664. The molecule has 0 spiro atoms. The van der Waals surface area contributed by atoms with E-state index in [0.29, 0.717) is 13.0 Å². The van der Waals surface area contributed by atoms with Crippen LogP contribution >= 0.6 is 0 Å². The highest BCUT2D eigenvalue weighted by Crippen LogP contribution is 2.19. The summed E-state index contributed by atoms with van der Waals surface area (Å²) in [5.41, 5.74) is 7.55. The minimum Gasteiger partial charge on any atom is -0.481 e. The molecule has 0 saturated carbocycles. The van der Waals surface area contributed by atoms with Crippen molar-refractivity contribution in [2.75, 3.05) is 18.5 Å². The van der Waals surface area contributed by atoms with Gasteiger partial charge in [-0.1, -0.05) is 12.1 Å². The fraction of sp³-hybridized carbons (Fsp3) is 0.385. The third kappa shape index (κ3) is 4.07. The lowest BCUT2D eigenvalue weighted by molar-refractivity contribution is -0.137. The van der Waals surface area contributed by atoms with Crippen molar-refractivity contribution < 1.29 is 9.90 Å². The van der Waals surface area contributed by atoms with Crippen molar-refractivity contribution in [2.45, 2.75) is 18.9 Å². The second-order valence-corrected chi connectivity index (χ2v) is 4.13. The molecule has 0 amide bonds. The third-order valence-electron chi connectivity index (χ3n) is 2.72. The average molecular weight is 247 g/mol.